The molecule has 0 radical (unpaired) electrons. The third kappa shape index (κ3) is 5.90. The molecule has 148 valence electrons. The van der Waals surface area contributed by atoms with Crippen LogP contribution in [0, 0.1) is 0 Å². The fraction of sp³-hybridized carbons (Fsp3) is 0.174. The second-order valence-corrected chi connectivity index (χ2v) is 6.35. The molecule has 3 aromatic rings. The highest BCUT2D eigenvalue weighted by atomic mass is 16.6. The fourth-order valence-corrected chi connectivity index (χ4v) is 2.62. The zero-order valence-electron chi connectivity index (χ0n) is 16.1. The minimum absolute atomic E-state index is 0.125. The summed E-state index contributed by atoms with van der Waals surface area (Å²) in [5, 5.41) is 2.78. The quantitative estimate of drug-likeness (QED) is 0.593. The molecule has 0 bridgehead atoms. The molecule has 0 fully saturated rings. The number of benzene rings is 2. The minimum Gasteiger partial charge on any atom is -0.449 e. The Bertz CT molecular complexity index is 945. The van der Waals surface area contributed by atoms with E-state index < -0.39 is 12.1 Å². The standard InChI is InChI=1S/C23H22N2O4/c1-17(21(26)24-16-14-18-9-4-2-5-10-18)28-23(27)20-13-8-15-25-22(20)29-19-11-6-3-7-12-19/h2-13,15,17H,14,16H2,1H3,(H,24,26). The normalized spacial score (nSPS) is 11.3. The Kier molecular flexibility index (Phi) is 6.95. The lowest BCUT2D eigenvalue weighted by Gasteiger charge is -2.15. The number of rotatable bonds is 8. The molecule has 1 aromatic heterocycles. The van der Waals surface area contributed by atoms with Crippen LogP contribution in [0.25, 0.3) is 0 Å². The number of hydrogen-bond donors (Lipinski definition) is 1. The van der Waals surface area contributed by atoms with Crippen LogP contribution < -0.4 is 10.1 Å². The number of pyridine rings is 1. The van der Waals surface area contributed by atoms with Gasteiger partial charge >= 0.3 is 5.97 Å². The molecular formula is C23H22N2O4. The van der Waals surface area contributed by atoms with E-state index in [1.807, 2.05) is 48.5 Å². The number of carbonyl (C=O) groups is 2. The molecule has 1 atom stereocenters. The van der Waals surface area contributed by atoms with Gasteiger partial charge in [0.1, 0.15) is 11.3 Å². The van der Waals surface area contributed by atoms with E-state index in [2.05, 4.69) is 10.3 Å². The van der Waals surface area contributed by atoms with Gasteiger partial charge in [-0.15, -0.1) is 0 Å². The molecule has 1 unspecified atom stereocenters. The average molecular weight is 390 g/mol. The third-order valence-electron chi connectivity index (χ3n) is 4.16. The molecule has 0 aliphatic carbocycles. The lowest BCUT2D eigenvalue weighted by Crippen LogP contribution is -2.37. The summed E-state index contributed by atoms with van der Waals surface area (Å²) in [5.41, 5.74) is 1.27. The number of nitrogens with zero attached hydrogens (tertiary/aromatic N) is 1. The molecule has 0 aliphatic heterocycles. The van der Waals surface area contributed by atoms with E-state index in [-0.39, 0.29) is 17.4 Å². The van der Waals surface area contributed by atoms with Crippen LogP contribution in [0.3, 0.4) is 0 Å². The first-order chi connectivity index (χ1) is 14.1. The Balaban J connectivity index is 1.56. The Hall–Kier alpha value is -3.67. The van der Waals surface area contributed by atoms with Crippen LogP contribution in [0.2, 0.25) is 0 Å². The first-order valence-corrected chi connectivity index (χ1v) is 9.34. The van der Waals surface area contributed by atoms with E-state index in [4.69, 9.17) is 9.47 Å². The molecule has 29 heavy (non-hydrogen) atoms. The zero-order valence-corrected chi connectivity index (χ0v) is 16.1. The van der Waals surface area contributed by atoms with E-state index in [1.54, 1.807) is 24.3 Å². The predicted octanol–water partition coefficient (Wildman–Crippen LogP) is 3.78. The van der Waals surface area contributed by atoms with Crippen LogP contribution in [0.5, 0.6) is 11.6 Å². The van der Waals surface area contributed by atoms with Crippen LogP contribution in [-0.2, 0) is 16.0 Å². The molecule has 0 spiro atoms. The van der Waals surface area contributed by atoms with Crippen molar-refractivity contribution >= 4 is 11.9 Å². The number of para-hydroxylation sites is 1. The van der Waals surface area contributed by atoms with Crippen LogP contribution in [0.15, 0.2) is 79.0 Å². The van der Waals surface area contributed by atoms with Gasteiger partial charge in [-0.3, -0.25) is 4.79 Å². The Labute approximate surface area is 169 Å². The Morgan fingerprint density at radius 3 is 2.38 bits per heavy atom. The van der Waals surface area contributed by atoms with Crippen molar-refractivity contribution in [3.05, 3.63) is 90.1 Å². The molecule has 6 heteroatoms. The monoisotopic (exact) mass is 390 g/mol. The van der Waals surface area contributed by atoms with Gasteiger partial charge in [0.25, 0.3) is 5.91 Å². The van der Waals surface area contributed by atoms with Crippen LogP contribution in [0.4, 0.5) is 0 Å². The molecule has 2 aromatic carbocycles. The Morgan fingerprint density at radius 1 is 0.966 bits per heavy atom. The van der Waals surface area contributed by atoms with Crippen LogP contribution in [-0.4, -0.2) is 29.5 Å². The highest BCUT2D eigenvalue weighted by molar-refractivity contribution is 5.94. The summed E-state index contributed by atoms with van der Waals surface area (Å²) in [6.45, 7) is 1.99. The largest absolute Gasteiger partial charge is 0.449 e. The predicted molar refractivity (Wildman–Crippen MR) is 109 cm³/mol. The van der Waals surface area contributed by atoms with Gasteiger partial charge in [0, 0.05) is 12.7 Å². The molecule has 0 saturated heterocycles. The first kappa shape index (κ1) is 20.1. The van der Waals surface area contributed by atoms with E-state index in [9.17, 15) is 9.59 Å². The number of hydrogen-bond acceptors (Lipinski definition) is 5. The van der Waals surface area contributed by atoms with E-state index in [0.717, 1.165) is 5.56 Å². The summed E-state index contributed by atoms with van der Waals surface area (Å²) in [6.07, 6.45) is 1.28. The molecule has 1 heterocycles. The van der Waals surface area contributed by atoms with E-state index in [0.29, 0.717) is 18.7 Å². The van der Waals surface area contributed by atoms with Crippen molar-refractivity contribution in [1.82, 2.24) is 10.3 Å². The number of aromatic nitrogens is 1. The summed E-state index contributed by atoms with van der Waals surface area (Å²) < 4.78 is 11.0. The average Bonchev–Trinajstić information content (AvgIpc) is 2.75. The summed E-state index contributed by atoms with van der Waals surface area (Å²) in [6, 6.07) is 22.0. The van der Waals surface area contributed by atoms with Gasteiger partial charge in [-0.2, -0.15) is 0 Å². The topological polar surface area (TPSA) is 77.5 Å². The SMILES string of the molecule is CC(OC(=O)c1cccnc1Oc1ccccc1)C(=O)NCCc1ccccc1. The van der Waals surface area contributed by atoms with Crippen molar-refractivity contribution in [3.63, 3.8) is 0 Å². The highest BCUT2D eigenvalue weighted by Gasteiger charge is 2.22. The summed E-state index contributed by atoms with van der Waals surface area (Å²) in [5.74, 6) is -0.356. The highest BCUT2D eigenvalue weighted by Crippen LogP contribution is 2.23. The van der Waals surface area contributed by atoms with Gasteiger partial charge in [0.2, 0.25) is 5.88 Å². The van der Waals surface area contributed by atoms with Gasteiger partial charge in [-0.25, -0.2) is 9.78 Å². The van der Waals surface area contributed by atoms with Crippen LogP contribution in [0.1, 0.15) is 22.8 Å². The van der Waals surface area contributed by atoms with Gasteiger partial charge in [-0.05, 0) is 43.2 Å². The zero-order chi connectivity index (χ0) is 20.5. The maximum atomic E-state index is 12.5. The number of esters is 1. The maximum absolute atomic E-state index is 12.5. The number of nitrogens with one attached hydrogen (secondary N) is 1. The van der Waals surface area contributed by atoms with Crippen molar-refractivity contribution in [2.45, 2.75) is 19.4 Å². The van der Waals surface area contributed by atoms with Crippen molar-refractivity contribution in [3.8, 4) is 11.6 Å². The third-order valence-corrected chi connectivity index (χ3v) is 4.16. The lowest BCUT2D eigenvalue weighted by atomic mass is 10.1. The van der Waals surface area contributed by atoms with Crippen molar-refractivity contribution in [2.75, 3.05) is 6.54 Å². The first-order valence-electron chi connectivity index (χ1n) is 9.34. The molecule has 0 saturated carbocycles. The van der Waals surface area contributed by atoms with Gasteiger partial charge in [-0.1, -0.05) is 48.5 Å². The molecule has 0 aliphatic rings. The van der Waals surface area contributed by atoms with Crippen molar-refractivity contribution < 1.29 is 19.1 Å². The van der Waals surface area contributed by atoms with Gasteiger partial charge in [0.15, 0.2) is 6.10 Å². The van der Waals surface area contributed by atoms with Gasteiger partial charge in [0.05, 0.1) is 0 Å². The molecular weight excluding hydrogens is 368 g/mol. The second-order valence-electron chi connectivity index (χ2n) is 6.35. The molecule has 6 nitrogen and oxygen atoms in total. The van der Waals surface area contributed by atoms with Crippen LogP contribution >= 0.6 is 0 Å². The summed E-state index contributed by atoms with van der Waals surface area (Å²) in [7, 11) is 0. The molecule has 1 amide bonds. The maximum Gasteiger partial charge on any atom is 0.344 e. The van der Waals surface area contributed by atoms with Crippen molar-refractivity contribution in [2.24, 2.45) is 0 Å². The second kappa shape index (κ2) is 10.0. The van der Waals surface area contributed by atoms with E-state index in [1.165, 1.54) is 13.1 Å². The molecule has 1 N–H and O–H groups in total. The summed E-state index contributed by atoms with van der Waals surface area (Å²) in [4.78, 5) is 28.9. The minimum atomic E-state index is -0.942. The fourth-order valence-electron chi connectivity index (χ4n) is 2.62. The number of amides is 1. The van der Waals surface area contributed by atoms with Crippen molar-refractivity contribution in [1.29, 1.82) is 0 Å². The number of ether oxygens (including phenoxy) is 2. The number of carbonyl (C=O) groups excluding carboxylic acids is 2. The lowest BCUT2D eigenvalue weighted by molar-refractivity contribution is -0.129. The molecule has 3 rings (SSSR count). The summed E-state index contributed by atoms with van der Waals surface area (Å²) >= 11 is 0. The smallest absolute Gasteiger partial charge is 0.344 e. The Morgan fingerprint density at radius 2 is 1.66 bits per heavy atom. The van der Waals surface area contributed by atoms with Gasteiger partial charge < -0.3 is 14.8 Å². The van der Waals surface area contributed by atoms with E-state index >= 15 is 0 Å².